The minimum atomic E-state index is -0.0498. The number of ether oxygens (including phenoxy) is 1. The lowest BCUT2D eigenvalue weighted by atomic mass is 10.1. The van der Waals surface area contributed by atoms with E-state index in [0.717, 1.165) is 17.8 Å². The Hall–Kier alpha value is -2.77. The highest BCUT2D eigenvalue weighted by Crippen LogP contribution is 2.24. The Morgan fingerprint density at radius 1 is 1.31 bits per heavy atom. The van der Waals surface area contributed by atoms with Crippen LogP contribution in [0, 0.1) is 18.3 Å². The summed E-state index contributed by atoms with van der Waals surface area (Å²) in [6, 6.07) is 14.5. The van der Waals surface area contributed by atoms with E-state index in [1.807, 2.05) is 38.1 Å². The number of aliphatic hydroxyl groups is 1. The van der Waals surface area contributed by atoms with Gasteiger partial charge < -0.3 is 14.7 Å². The van der Waals surface area contributed by atoms with E-state index in [2.05, 4.69) is 15.8 Å². The summed E-state index contributed by atoms with van der Waals surface area (Å²) < 4.78 is 5.45. The first-order valence-corrected chi connectivity index (χ1v) is 8.58. The summed E-state index contributed by atoms with van der Waals surface area (Å²) in [5, 5.41) is 18.9. The Labute approximate surface area is 158 Å². The minimum Gasteiger partial charge on any atom is -0.438 e. The summed E-state index contributed by atoms with van der Waals surface area (Å²) in [4.78, 5) is 6.30. The maximum absolute atomic E-state index is 9.21. The molecule has 0 aromatic heterocycles. The minimum absolute atomic E-state index is 0.0498. The smallest absolute Gasteiger partial charge is 0.266 e. The fourth-order valence-electron chi connectivity index (χ4n) is 2.38. The van der Waals surface area contributed by atoms with Crippen molar-refractivity contribution in [1.82, 2.24) is 0 Å². The number of likely N-dealkylation sites (N-methyl/N-ethyl adjacent to an activating group) is 1. The molecule has 26 heavy (non-hydrogen) atoms. The largest absolute Gasteiger partial charge is 0.438 e. The van der Waals surface area contributed by atoms with E-state index >= 15 is 0 Å². The highest BCUT2D eigenvalue weighted by atomic mass is 35.5. The van der Waals surface area contributed by atoms with E-state index in [1.165, 1.54) is 0 Å². The molecule has 2 aromatic carbocycles. The monoisotopic (exact) mass is 369 g/mol. The second kappa shape index (κ2) is 9.65. The number of nitrogens with zero attached hydrogens (tertiary/aromatic N) is 3. The highest BCUT2D eigenvalue weighted by Gasteiger charge is 2.06. The second-order valence-electron chi connectivity index (χ2n) is 5.50. The lowest BCUT2D eigenvalue weighted by molar-refractivity contribution is 0.302. The van der Waals surface area contributed by atoms with Gasteiger partial charge in [0.1, 0.15) is 11.8 Å². The number of halogens is 1. The van der Waals surface area contributed by atoms with Crippen molar-refractivity contribution < 1.29 is 9.84 Å². The predicted octanol–water partition coefficient (Wildman–Crippen LogP) is 4.25. The van der Waals surface area contributed by atoms with Crippen molar-refractivity contribution in [3.8, 4) is 11.8 Å². The van der Waals surface area contributed by atoms with Gasteiger partial charge in [0.25, 0.3) is 5.76 Å². The van der Waals surface area contributed by atoms with Crippen LogP contribution in [-0.4, -0.2) is 30.7 Å². The fraction of sp³-hybridized carbons (Fsp3) is 0.250. The Morgan fingerprint density at radius 3 is 2.73 bits per heavy atom. The molecular formula is C20H20ClN3O2. The van der Waals surface area contributed by atoms with Gasteiger partial charge in [-0.05, 0) is 55.8 Å². The lowest BCUT2D eigenvalue weighted by Gasteiger charge is -2.22. The molecule has 0 atom stereocenters. The number of anilines is 1. The number of hydrogen-bond acceptors (Lipinski definition) is 5. The van der Waals surface area contributed by atoms with Crippen LogP contribution >= 0.6 is 11.6 Å². The molecule has 1 N–H and O–H groups in total. The number of benzene rings is 2. The van der Waals surface area contributed by atoms with Crippen LogP contribution in [0.5, 0.6) is 5.75 Å². The maximum atomic E-state index is 9.21. The quantitative estimate of drug-likeness (QED) is 0.450. The number of aliphatic hydroxyl groups excluding tert-OH is 1. The van der Waals surface area contributed by atoms with Crippen LogP contribution in [0.2, 0.25) is 5.02 Å². The van der Waals surface area contributed by atoms with E-state index in [9.17, 15) is 5.26 Å². The van der Waals surface area contributed by atoms with Gasteiger partial charge in [0.2, 0.25) is 0 Å². The van der Waals surface area contributed by atoms with E-state index in [-0.39, 0.29) is 12.4 Å². The number of allylic oxidation sites excluding steroid dienone is 1. The van der Waals surface area contributed by atoms with Crippen molar-refractivity contribution in [3.63, 3.8) is 0 Å². The summed E-state index contributed by atoms with van der Waals surface area (Å²) in [7, 11) is 0. The van der Waals surface area contributed by atoms with E-state index in [0.29, 0.717) is 23.0 Å². The molecule has 0 aliphatic rings. The van der Waals surface area contributed by atoms with Gasteiger partial charge in [-0.1, -0.05) is 17.7 Å². The van der Waals surface area contributed by atoms with Gasteiger partial charge in [-0.3, -0.25) is 0 Å². The molecule has 0 aliphatic heterocycles. The summed E-state index contributed by atoms with van der Waals surface area (Å²) in [5.41, 5.74) is 2.64. The molecule has 0 amide bonds. The van der Waals surface area contributed by atoms with Crippen molar-refractivity contribution in [2.45, 2.75) is 13.8 Å². The van der Waals surface area contributed by atoms with Gasteiger partial charge >= 0.3 is 0 Å². The van der Waals surface area contributed by atoms with Gasteiger partial charge in [-0.15, -0.1) is 0 Å². The first-order valence-electron chi connectivity index (χ1n) is 8.21. The van der Waals surface area contributed by atoms with Crippen LogP contribution < -0.4 is 9.64 Å². The maximum Gasteiger partial charge on any atom is 0.266 e. The van der Waals surface area contributed by atoms with Crippen molar-refractivity contribution in [2.24, 2.45) is 4.99 Å². The zero-order chi connectivity index (χ0) is 18.9. The van der Waals surface area contributed by atoms with Gasteiger partial charge in [0, 0.05) is 29.7 Å². The molecule has 0 unspecified atom stereocenters. The summed E-state index contributed by atoms with van der Waals surface area (Å²) in [5.74, 6) is 3.04. The van der Waals surface area contributed by atoms with Crippen LogP contribution in [0.3, 0.4) is 0 Å². The molecule has 0 saturated carbocycles. The van der Waals surface area contributed by atoms with E-state index in [1.54, 1.807) is 24.3 Å². The Kier molecular flexibility index (Phi) is 7.25. The first-order chi connectivity index (χ1) is 12.6. The molecule has 0 aliphatic carbocycles. The molecule has 5 nitrogen and oxygen atoms in total. The van der Waals surface area contributed by atoms with Crippen LogP contribution in [0.25, 0.3) is 0 Å². The first kappa shape index (κ1) is 19.6. The fourth-order valence-corrected chi connectivity index (χ4v) is 2.56. The van der Waals surface area contributed by atoms with Crippen LogP contribution in [0.1, 0.15) is 12.5 Å². The topological polar surface area (TPSA) is 68.8 Å². The summed E-state index contributed by atoms with van der Waals surface area (Å²) in [6.07, 6.45) is 0. The second-order valence-corrected chi connectivity index (χ2v) is 5.93. The summed E-state index contributed by atoms with van der Waals surface area (Å²) in [6.45, 7) is 5.44. The molecule has 2 aromatic rings. The number of aliphatic imine (C=N–C) groups is 1. The highest BCUT2D eigenvalue weighted by molar-refractivity contribution is 6.30. The molecular weight excluding hydrogens is 350 g/mol. The third-order valence-electron chi connectivity index (χ3n) is 3.69. The number of rotatable bonds is 7. The standard InChI is InChI=1S/C20H20ClN3O2/c1-3-24(9-10-25)17-7-8-20(15(2)11-17)23-14-19(13-22)26-18-6-4-5-16(21)12-18/h4-8,11-12,25H,3,9-10H2,1-2H3. The molecule has 2 rings (SSSR count). The number of hydrogen-bond donors (Lipinski definition) is 1. The van der Waals surface area contributed by atoms with Crippen molar-refractivity contribution in [3.05, 3.63) is 58.8 Å². The molecule has 0 saturated heterocycles. The Bertz CT molecular complexity index is 868. The zero-order valence-corrected chi connectivity index (χ0v) is 15.5. The van der Waals surface area contributed by atoms with Gasteiger partial charge in [0.05, 0.1) is 12.3 Å². The third kappa shape index (κ3) is 5.37. The van der Waals surface area contributed by atoms with Crippen molar-refractivity contribution in [2.75, 3.05) is 24.6 Å². The number of aryl methyl sites for hydroxylation is 1. The average molecular weight is 370 g/mol. The Balaban J connectivity index is 2.24. The lowest BCUT2D eigenvalue weighted by Crippen LogP contribution is -2.26. The number of nitriles is 1. The molecule has 0 spiro atoms. The summed E-state index contributed by atoms with van der Waals surface area (Å²) >= 11 is 5.90. The van der Waals surface area contributed by atoms with Crippen LogP contribution in [0.4, 0.5) is 11.4 Å². The Morgan fingerprint density at radius 2 is 2.12 bits per heavy atom. The molecule has 0 heterocycles. The van der Waals surface area contributed by atoms with Crippen molar-refractivity contribution >= 4 is 28.8 Å². The molecule has 6 heteroatoms. The average Bonchev–Trinajstić information content (AvgIpc) is 2.64. The molecule has 134 valence electrons. The van der Waals surface area contributed by atoms with Crippen molar-refractivity contribution in [1.29, 1.82) is 5.26 Å². The van der Waals surface area contributed by atoms with Gasteiger partial charge in [-0.25, -0.2) is 4.99 Å². The van der Waals surface area contributed by atoms with Crippen LogP contribution in [-0.2, 0) is 0 Å². The van der Waals surface area contributed by atoms with Gasteiger partial charge in [0.15, 0.2) is 0 Å². The normalized spacial score (nSPS) is 9.81. The molecule has 0 bridgehead atoms. The van der Waals surface area contributed by atoms with E-state index in [4.69, 9.17) is 21.4 Å². The molecule has 0 radical (unpaired) electrons. The zero-order valence-electron chi connectivity index (χ0n) is 14.7. The van der Waals surface area contributed by atoms with Crippen LogP contribution in [0.15, 0.2) is 53.2 Å². The SMILES string of the molecule is CCN(CCO)c1ccc(N=C=C(C#N)Oc2cccc(Cl)c2)c(C)c1. The third-order valence-corrected chi connectivity index (χ3v) is 3.93. The van der Waals surface area contributed by atoms with Gasteiger partial charge in [-0.2, -0.15) is 5.26 Å². The predicted molar refractivity (Wildman–Crippen MR) is 104 cm³/mol. The van der Waals surface area contributed by atoms with E-state index < -0.39 is 0 Å². The molecule has 0 fully saturated rings.